The van der Waals surface area contributed by atoms with Crippen molar-refractivity contribution >= 4 is 29.2 Å². The van der Waals surface area contributed by atoms with Crippen LogP contribution in [0.25, 0.3) is 0 Å². The predicted octanol–water partition coefficient (Wildman–Crippen LogP) is 2.27. The molecule has 0 aromatic heterocycles. The number of carboxylic acid groups (broad SMARTS) is 1. The van der Waals surface area contributed by atoms with Gasteiger partial charge < -0.3 is 15.2 Å². The molecule has 108 valence electrons. The molecule has 0 atom stereocenters. The number of halogens is 1. The Labute approximate surface area is 127 Å². The highest BCUT2D eigenvalue weighted by molar-refractivity contribution is 6.31. The molecule has 0 aliphatic heterocycles. The van der Waals surface area contributed by atoms with Crippen LogP contribution in [0.2, 0.25) is 5.02 Å². The highest BCUT2D eigenvalue weighted by Crippen LogP contribution is 2.21. The second kappa shape index (κ2) is 6.90. The fourth-order valence-electron chi connectivity index (χ4n) is 1.91. The van der Waals surface area contributed by atoms with Gasteiger partial charge in [0.15, 0.2) is 0 Å². The molecule has 1 amide bonds. The number of carbonyl (C=O) groups excluding carboxylic acids is 2. The van der Waals surface area contributed by atoms with E-state index in [0.717, 1.165) is 5.56 Å². The summed E-state index contributed by atoms with van der Waals surface area (Å²) in [6.45, 7) is 0. The van der Waals surface area contributed by atoms with Crippen LogP contribution in [-0.4, -0.2) is 11.9 Å². The van der Waals surface area contributed by atoms with E-state index in [1.807, 2.05) is 30.3 Å². The Morgan fingerprint density at radius 3 is 2.48 bits per heavy atom. The van der Waals surface area contributed by atoms with Crippen molar-refractivity contribution in [3.63, 3.8) is 0 Å². The van der Waals surface area contributed by atoms with Crippen molar-refractivity contribution in [3.8, 4) is 0 Å². The number of anilines is 1. The first-order chi connectivity index (χ1) is 10.1. The molecule has 0 aliphatic carbocycles. The van der Waals surface area contributed by atoms with Crippen molar-refractivity contribution < 1.29 is 14.7 Å². The third kappa shape index (κ3) is 4.33. The molecule has 1 N–H and O–H groups in total. The maximum Gasteiger partial charge on any atom is 0.224 e. The zero-order valence-electron chi connectivity index (χ0n) is 11.1. The number of rotatable bonds is 5. The van der Waals surface area contributed by atoms with E-state index < -0.39 is 5.97 Å². The van der Waals surface area contributed by atoms with Crippen LogP contribution in [0.1, 0.15) is 22.3 Å². The van der Waals surface area contributed by atoms with Gasteiger partial charge in [0.25, 0.3) is 0 Å². The monoisotopic (exact) mass is 302 g/mol. The summed E-state index contributed by atoms with van der Waals surface area (Å²) >= 11 is 5.81. The van der Waals surface area contributed by atoms with Crippen LogP contribution in [0, 0.1) is 0 Å². The topological polar surface area (TPSA) is 69.2 Å². The SMILES string of the molecule is O=C(CCc1ccccc1)Nc1cc(Cl)ccc1C(=O)[O-]. The fourth-order valence-corrected chi connectivity index (χ4v) is 2.09. The number of aromatic carboxylic acids is 1. The van der Waals surface area contributed by atoms with Gasteiger partial charge in [-0.3, -0.25) is 4.79 Å². The largest absolute Gasteiger partial charge is 0.545 e. The summed E-state index contributed by atoms with van der Waals surface area (Å²) in [4.78, 5) is 22.9. The molecule has 0 spiro atoms. The van der Waals surface area contributed by atoms with Gasteiger partial charge in [0, 0.05) is 17.0 Å². The molecule has 2 rings (SSSR count). The fraction of sp³-hybridized carbons (Fsp3) is 0.125. The van der Waals surface area contributed by atoms with E-state index >= 15 is 0 Å². The first-order valence-electron chi connectivity index (χ1n) is 6.41. The summed E-state index contributed by atoms with van der Waals surface area (Å²) < 4.78 is 0. The third-order valence-corrected chi connectivity index (χ3v) is 3.19. The number of benzene rings is 2. The van der Waals surface area contributed by atoms with E-state index in [-0.39, 0.29) is 23.6 Å². The predicted molar refractivity (Wildman–Crippen MR) is 79.2 cm³/mol. The van der Waals surface area contributed by atoms with Crippen LogP contribution < -0.4 is 10.4 Å². The first-order valence-corrected chi connectivity index (χ1v) is 6.79. The van der Waals surface area contributed by atoms with E-state index in [9.17, 15) is 14.7 Å². The number of hydrogen-bond acceptors (Lipinski definition) is 3. The van der Waals surface area contributed by atoms with Crippen molar-refractivity contribution in [2.75, 3.05) is 5.32 Å². The van der Waals surface area contributed by atoms with Crippen LogP contribution >= 0.6 is 11.6 Å². The minimum atomic E-state index is -1.36. The van der Waals surface area contributed by atoms with Gasteiger partial charge in [-0.15, -0.1) is 0 Å². The van der Waals surface area contributed by atoms with Crippen LogP contribution in [0.5, 0.6) is 0 Å². The molecule has 0 saturated heterocycles. The molecule has 2 aromatic carbocycles. The Balaban J connectivity index is 2.02. The van der Waals surface area contributed by atoms with Gasteiger partial charge in [-0.2, -0.15) is 0 Å². The number of nitrogens with one attached hydrogen (secondary N) is 1. The summed E-state index contributed by atoms with van der Waals surface area (Å²) in [7, 11) is 0. The summed E-state index contributed by atoms with van der Waals surface area (Å²) in [6, 6.07) is 13.7. The Hall–Kier alpha value is -2.33. The zero-order chi connectivity index (χ0) is 15.2. The Kier molecular flexibility index (Phi) is 4.95. The van der Waals surface area contributed by atoms with Gasteiger partial charge in [0.2, 0.25) is 5.91 Å². The van der Waals surface area contributed by atoms with Crippen LogP contribution in [-0.2, 0) is 11.2 Å². The first kappa shape index (κ1) is 15.1. The molecule has 5 heteroatoms. The lowest BCUT2D eigenvalue weighted by Crippen LogP contribution is -2.25. The molecule has 0 radical (unpaired) electrons. The van der Waals surface area contributed by atoms with Gasteiger partial charge in [-0.1, -0.05) is 41.9 Å². The van der Waals surface area contributed by atoms with Crippen molar-refractivity contribution in [3.05, 3.63) is 64.7 Å². The maximum atomic E-state index is 11.9. The highest BCUT2D eigenvalue weighted by Gasteiger charge is 2.09. The number of aryl methyl sites for hydroxylation is 1. The Morgan fingerprint density at radius 2 is 1.81 bits per heavy atom. The summed E-state index contributed by atoms with van der Waals surface area (Å²) in [5.74, 6) is -1.63. The maximum absolute atomic E-state index is 11.9. The molecule has 21 heavy (non-hydrogen) atoms. The lowest BCUT2D eigenvalue weighted by Gasteiger charge is -2.12. The molecule has 0 heterocycles. The minimum absolute atomic E-state index is 0.0903. The zero-order valence-corrected chi connectivity index (χ0v) is 11.9. The lowest BCUT2D eigenvalue weighted by molar-refractivity contribution is -0.254. The molecule has 4 nitrogen and oxygen atoms in total. The second-order valence-electron chi connectivity index (χ2n) is 4.51. The van der Waals surface area contributed by atoms with Gasteiger partial charge in [-0.25, -0.2) is 0 Å². The standard InChI is InChI=1S/C16H14ClNO3/c17-12-7-8-13(16(20)21)14(10-12)18-15(19)9-6-11-4-2-1-3-5-11/h1-5,7-8,10H,6,9H2,(H,18,19)(H,20,21)/p-1. The normalized spacial score (nSPS) is 10.1. The molecule has 0 unspecified atom stereocenters. The average Bonchev–Trinajstić information content (AvgIpc) is 2.46. The molecular weight excluding hydrogens is 290 g/mol. The summed E-state index contributed by atoms with van der Waals surface area (Å²) in [5, 5.41) is 13.9. The highest BCUT2D eigenvalue weighted by atomic mass is 35.5. The molecule has 0 aliphatic rings. The molecule has 0 fully saturated rings. The van der Waals surface area contributed by atoms with Crippen LogP contribution in [0.15, 0.2) is 48.5 Å². The number of hydrogen-bond donors (Lipinski definition) is 1. The van der Waals surface area contributed by atoms with Crippen molar-refractivity contribution in [1.82, 2.24) is 0 Å². The van der Waals surface area contributed by atoms with Gasteiger partial charge in [-0.05, 0) is 30.2 Å². The van der Waals surface area contributed by atoms with Crippen LogP contribution in [0.4, 0.5) is 5.69 Å². The van der Waals surface area contributed by atoms with E-state index in [4.69, 9.17) is 11.6 Å². The van der Waals surface area contributed by atoms with E-state index in [2.05, 4.69) is 5.32 Å². The summed E-state index contributed by atoms with van der Waals surface area (Å²) in [5.41, 5.74) is 1.10. The second-order valence-corrected chi connectivity index (χ2v) is 4.95. The minimum Gasteiger partial charge on any atom is -0.545 e. The molecule has 2 aromatic rings. The van der Waals surface area contributed by atoms with E-state index in [1.54, 1.807) is 0 Å². The third-order valence-electron chi connectivity index (χ3n) is 2.96. The van der Waals surface area contributed by atoms with Crippen molar-refractivity contribution in [1.29, 1.82) is 0 Å². The van der Waals surface area contributed by atoms with E-state index in [1.165, 1.54) is 18.2 Å². The van der Waals surface area contributed by atoms with Crippen molar-refractivity contribution in [2.24, 2.45) is 0 Å². The number of amides is 1. The Morgan fingerprint density at radius 1 is 1.10 bits per heavy atom. The van der Waals surface area contributed by atoms with Crippen molar-refractivity contribution in [2.45, 2.75) is 12.8 Å². The average molecular weight is 303 g/mol. The smallest absolute Gasteiger partial charge is 0.224 e. The van der Waals surface area contributed by atoms with Gasteiger partial charge in [0.05, 0.1) is 11.7 Å². The van der Waals surface area contributed by atoms with E-state index in [0.29, 0.717) is 11.4 Å². The molecule has 0 saturated carbocycles. The quantitative estimate of drug-likeness (QED) is 0.921. The lowest BCUT2D eigenvalue weighted by atomic mass is 10.1. The molecular formula is C16H13ClNO3-. The molecule has 0 bridgehead atoms. The van der Waals surface area contributed by atoms with Gasteiger partial charge in [0.1, 0.15) is 0 Å². The Bertz CT molecular complexity index is 656. The number of carboxylic acids is 1. The van der Waals surface area contributed by atoms with Gasteiger partial charge >= 0.3 is 0 Å². The van der Waals surface area contributed by atoms with Crippen LogP contribution in [0.3, 0.4) is 0 Å². The summed E-state index contributed by atoms with van der Waals surface area (Å²) in [6.07, 6.45) is 0.830. The number of carbonyl (C=O) groups is 2.